The highest BCUT2D eigenvalue weighted by atomic mass is 32.1. The van der Waals surface area contributed by atoms with Gasteiger partial charge in [-0.2, -0.15) is 0 Å². The summed E-state index contributed by atoms with van der Waals surface area (Å²) < 4.78 is 0. The number of hydrogen-bond donors (Lipinski definition) is 2. The van der Waals surface area contributed by atoms with E-state index in [-0.39, 0.29) is 6.04 Å². The van der Waals surface area contributed by atoms with Gasteiger partial charge in [-0.3, -0.25) is 4.98 Å². The van der Waals surface area contributed by atoms with Crippen LogP contribution in [-0.2, 0) is 6.42 Å². The molecule has 4 aromatic rings. The summed E-state index contributed by atoms with van der Waals surface area (Å²) in [6.07, 6.45) is 7.24. The lowest BCUT2D eigenvalue weighted by Gasteiger charge is -2.18. The number of fused-ring (bicyclic) bond motifs is 1. The Bertz CT molecular complexity index is 1090. The summed E-state index contributed by atoms with van der Waals surface area (Å²) in [6.45, 7) is 0.928. The normalized spacial score (nSPS) is 14.8. The maximum atomic E-state index is 4.43. The number of hydrogen-bond acceptors (Lipinski definition) is 6. The highest BCUT2D eigenvalue weighted by Crippen LogP contribution is 2.29. The molecule has 1 aliphatic carbocycles. The van der Waals surface area contributed by atoms with E-state index in [0.29, 0.717) is 6.04 Å². The first-order chi connectivity index (χ1) is 14.3. The van der Waals surface area contributed by atoms with Crippen LogP contribution in [0, 0.1) is 0 Å². The Balaban J connectivity index is 1.32. The molecule has 2 aromatic heterocycles. The Morgan fingerprint density at radius 1 is 1.00 bits per heavy atom. The van der Waals surface area contributed by atoms with Crippen LogP contribution in [0.2, 0.25) is 0 Å². The van der Waals surface area contributed by atoms with Crippen LogP contribution in [0.3, 0.4) is 0 Å². The van der Waals surface area contributed by atoms with Crippen molar-refractivity contribution in [2.24, 2.45) is 0 Å². The van der Waals surface area contributed by atoms with E-state index in [1.165, 1.54) is 18.4 Å². The Morgan fingerprint density at radius 2 is 1.90 bits per heavy atom. The molecule has 29 heavy (non-hydrogen) atoms. The molecule has 5 nitrogen and oxygen atoms in total. The van der Waals surface area contributed by atoms with Crippen molar-refractivity contribution in [3.05, 3.63) is 72.6 Å². The lowest BCUT2D eigenvalue weighted by molar-refractivity contribution is 0.596. The molecule has 1 unspecified atom stereocenters. The fraction of sp³-hybridized carbons (Fsp3) is 0.261. The standard InChI is InChI=1S/C23H23N5S/c1-2-4-16(5-3-1)12-21(15-25-20-8-9-20)26-23-28-27-22(29-23)18-6-7-19-14-24-11-10-17(19)13-18/h1-7,10-11,13-14,20-21,25H,8-9,12,15H2,(H,26,28). The largest absolute Gasteiger partial charge is 0.356 e. The van der Waals surface area contributed by atoms with Crippen LogP contribution >= 0.6 is 11.3 Å². The van der Waals surface area contributed by atoms with Crippen molar-refractivity contribution in [1.82, 2.24) is 20.5 Å². The molecule has 1 atom stereocenters. The molecule has 5 rings (SSSR count). The van der Waals surface area contributed by atoms with E-state index < -0.39 is 0 Å². The van der Waals surface area contributed by atoms with Gasteiger partial charge in [0.1, 0.15) is 5.01 Å². The van der Waals surface area contributed by atoms with Crippen molar-refractivity contribution in [3.63, 3.8) is 0 Å². The number of pyridine rings is 1. The van der Waals surface area contributed by atoms with Gasteiger partial charge >= 0.3 is 0 Å². The quantitative estimate of drug-likeness (QED) is 0.454. The number of aromatic nitrogens is 3. The van der Waals surface area contributed by atoms with E-state index in [4.69, 9.17) is 0 Å². The summed E-state index contributed by atoms with van der Waals surface area (Å²) in [4.78, 5) is 4.18. The zero-order valence-corrected chi connectivity index (χ0v) is 16.9. The lowest BCUT2D eigenvalue weighted by atomic mass is 10.1. The number of nitrogens with zero attached hydrogens (tertiary/aromatic N) is 3. The minimum atomic E-state index is 0.279. The van der Waals surface area contributed by atoms with E-state index in [1.807, 2.05) is 18.5 Å². The molecule has 0 saturated heterocycles. The smallest absolute Gasteiger partial charge is 0.206 e. The molecule has 0 spiro atoms. The van der Waals surface area contributed by atoms with Crippen LogP contribution in [0.4, 0.5) is 5.13 Å². The zero-order chi connectivity index (χ0) is 19.5. The van der Waals surface area contributed by atoms with E-state index in [1.54, 1.807) is 11.3 Å². The van der Waals surface area contributed by atoms with Gasteiger partial charge in [0.15, 0.2) is 0 Å². The molecule has 1 saturated carbocycles. The second kappa shape index (κ2) is 8.27. The van der Waals surface area contributed by atoms with Gasteiger partial charge in [0.25, 0.3) is 0 Å². The van der Waals surface area contributed by atoms with Crippen LogP contribution in [0.15, 0.2) is 67.0 Å². The maximum absolute atomic E-state index is 4.43. The second-order valence-corrected chi connectivity index (χ2v) is 8.54. The first kappa shape index (κ1) is 18.2. The first-order valence-corrected chi connectivity index (χ1v) is 10.9. The molecular formula is C23H23N5S. The summed E-state index contributed by atoms with van der Waals surface area (Å²) in [7, 11) is 0. The summed E-state index contributed by atoms with van der Waals surface area (Å²) in [6, 6.07) is 19.9. The fourth-order valence-electron chi connectivity index (χ4n) is 3.46. The van der Waals surface area contributed by atoms with E-state index in [0.717, 1.165) is 39.4 Å². The van der Waals surface area contributed by atoms with Crippen LogP contribution in [0.1, 0.15) is 18.4 Å². The van der Waals surface area contributed by atoms with Crippen molar-refractivity contribution >= 4 is 27.2 Å². The molecular weight excluding hydrogens is 378 g/mol. The highest BCUT2D eigenvalue weighted by Gasteiger charge is 2.22. The monoisotopic (exact) mass is 401 g/mol. The minimum absolute atomic E-state index is 0.279. The molecule has 2 N–H and O–H groups in total. The Kier molecular flexibility index (Phi) is 5.19. The molecule has 2 heterocycles. The first-order valence-electron chi connectivity index (χ1n) is 10.0. The summed E-state index contributed by atoms with van der Waals surface area (Å²) in [5.74, 6) is 0. The molecule has 0 radical (unpaired) electrons. The van der Waals surface area contributed by atoms with Crippen molar-refractivity contribution in [2.75, 3.05) is 11.9 Å². The van der Waals surface area contributed by atoms with Gasteiger partial charge in [0.05, 0.1) is 0 Å². The van der Waals surface area contributed by atoms with E-state index in [9.17, 15) is 0 Å². The van der Waals surface area contributed by atoms with Gasteiger partial charge in [-0.15, -0.1) is 10.2 Å². The Morgan fingerprint density at radius 3 is 2.76 bits per heavy atom. The van der Waals surface area contributed by atoms with Crippen LogP contribution in [0.5, 0.6) is 0 Å². The number of benzene rings is 2. The average Bonchev–Trinajstić information content (AvgIpc) is 3.49. The van der Waals surface area contributed by atoms with Crippen LogP contribution in [0.25, 0.3) is 21.3 Å². The lowest BCUT2D eigenvalue weighted by Crippen LogP contribution is -2.35. The van der Waals surface area contributed by atoms with Crippen molar-refractivity contribution in [2.45, 2.75) is 31.3 Å². The third-order valence-corrected chi connectivity index (χ3v) is 6.10. The Hall–Kier alpha value is -2.83. The van der Waals surface area contributed by atoms with Crippen molar-refractivity contribution in [3.8, 4) is 10.6 Å². The fourth-order valence-corrected chi connectivity index (χ4v) is 4.28. The maximum Gasteiger partial charge on any atom is 0.206 e. The van der Waals surface area contributed by atoms with E-state index in [2.05, 4.69) is 74.3 Å². The topological polar surface area (TPSA) is 62.7 Å². The summed E-state index contributed by atoms with van der Waals surface area (Å²) in [5.41, 5.74) is 2.42. The summed E-state index contributed by atoms with van der Waals surface area (Å²) in [5, 5.41) is 20.2. The molecule has 0 amide bonds. The SMILES string of the molecule is c1ccc(CC(CNC2CC2)Nc2nnc(-c3ccc4cnccc4c3)s2)cc1. The molecule has 1 aliphatic rings. The number of nitrogens with one attached hydrogen (secondary N) is 2. The predicted molar refractivity (Wildman–Crippen MR) is 119 cm³/mol. The van der Waals surface area contributed by atoms with Gasteiger partial charge in [-0.05, 0) is 42.3 Å². The molecule has 6 heteroatoms. The minimum Gasteiger partial charge on any atom is -0.356 e. The molecule has 0 bridgehead atoms. The number of anilines is 1. The molecule has 2 aromatic carbocycles. The highest BCUT2D eigenvalue weighted by molar-refractivity contribution is 7.18. The number of rotatable bonds is 8. The van der Waals surface area contributed by atoms with Gasteiger partial charge in [0, 0.05) is 42.0 Å². The van der Waals surface area contributed by atoms with Crippen molar-refractivity contribution in [1.29, 1.82) is 0 Å². The Labute approximate surface area is 174 Å². The summed E-state index contributed by atoms with van der Waals surface area (Å²) >= 11 is 1.61. The zero-order valence-electron chi connectivity index (χ0n) is 16.1. The molecule has 0 aliphatic heterocycles. The predicted octanol–water partition coefficient (Wildman–Crippen LogP) is 4.53. The van der Waals surface area contributed by atoms with Crippen molar-refractivity contribution < 1.29 is 0 Å². The van der Waals surface area contributed by atoms with Gasteiger partial charge in [-0.1, -0.05) is 53.8 Å². The van der Waals surface area contributed by atoms with E-state index >= 15 is 0 Å². The molecule has 1 fully saturated rings. The average molecular weight is 402 g/mol. The van der Waals surface area contributed by atoms with Gasteiger partial charge in [0.2, 0.25) is 5.13 Å². The second-order valence-electron chi connectivity index (χ2n) is 7.56. The third kappa shape index (κ3) is 4.60. The third-order valence-electron chi connectivity index (χ3n) is 5.20. The van der Waals surface area contributed by atoms with Gasteiger partial charge < -0.3 is 10.6 Å². The van der Waals surface area contributed by atoms with Crippen LogP contribution < -0.4 is 10.6 Å². The molecule has 146 valence electrons. The van der Waals surface area contributed by atoms with Crippen LogP contribution in [-0.4, -0.2) is 33.8 Å². The van der Waals surface area contributed by atoms with Gasteiger partial charge in [-0.25, -0.2) is 0 Å².